The van der Waals surface area contributed by atoms with Crippen LogP contribution in [0.1, 0.15) is 26.7 Å². The summed E-state index contributed by atoms with van der Waals surface area (Å²) < 4.78 is 6.47. The Morgan fingerprint density at radius 3 is 2.48 bits per heavy atom. The van der Waals surface area contributed by atoms with Gasteiger partial charge in [0.2, 0.25) is 5.91 Å². The first kappa shape index (κ1) is 24.8. The molecule has 3 aromatic rings. The quantitative estimate of drug-likeness (QED) is 0.491. The van der Waals surface area contributed by atoms with Crippen molar-refractivity contribution in [2.24, 2.45) is 0 Å². The molecule has 0 saturated carbocycles. The van der Waals surface area contributed by atoms with E-state index in [1.54, 1.807) is 24.3 Å². The van der Waals surface area contributed by atoms with Crippen LogP contribution >= 0.6 is 24.0 Å². The highest BCUT2D eigenvalue weighted by Gasteiger charge is 2.18. The highest BCUT2D eigenvalue weighted by molar-refractivity contribution is 6.30. The summed E-state index contributed by atoms with van der Waals surface area (Å²) in [6.07, 6.45) is 3.45. The summed E-state index contributed by atoms with van der Waals surface area (Å²) in [5.74, 6) is -0.240. The normalized spacial score (nSPS) is 11.0. The molecule has 1 N–H and O–H groups in total. The lowest BCUT2D eigenvalue weighted by atomic mass is 10.1. The Balaban J connectivity index is 0.00000341. The lowest BCUT2D eigenvalue weighted by Crippen LogP contribution is -2.38. The Morgan fingerprint density at radius 2 is 1.84 bits per heavy atom. The first-order valence-corrected chi connectivity index (χ1v) is 10.5. The van der Waals surface area contributed by atoms with Gasteiger partial charge in [0.15, 0.2) is 0 Å². The smallest absolute Gasteiger partial charge is 0.267 e. The highest BCUT2D eigenvalue weighted by atomic mass is 35.5. The maximum atomic E-state index is 12.9. The van der Waals surface area contributed by atoms with Gasteiger partial charge in [0.05, 0.1) is 0 Å². The molecular formula is C21H27Cl2N5O3. The van der Waals surface area contributed by atoms with Crippen molar-refractivity contribution in [3.63, 3.8) is 0 Å². The van der Waals surface area contributed by atoms with Crippen molar-refractivity contribution < 1.29 is 9.32 Å². The van der Waals surface area contributed by atoms with E-state index in [9.17, 15) is 9.59 Å². The number of fused-ring (bicyclic) bond motifs is 1. The van der Waals surface area contributed by atoms with Crippen LogP contribution in [0.4, 0.5) is 0 Å². The Morgan fingerprint density at radius 1 is 1.16 bits per heavy atom. The van der Waals surface area contributed by atoms with Gasteiger partial charge >= 0.3 is 0 Å². The van der Waals surface area contributed by atoms with Gasteiger partial charge < -0.3 is 14.7 Å². The van der Waals surface area contributed by atoms with Gasteiger partial charge in [-0.3, -0.25) is 14.2 Å². The van der Waals surface area contributed by atoms with E-state index in [0.29, 0.717) is 22.8 Å². The number of halogens is 2. The van der Waals surface area contributed by atoms with Gasteiger partial charge in [-0.1, -0.05) is 42.7 Å². The van der Waals surface area contributed by atoms with E-state index >= 15 is 0 Å². The topological polar surface area (TPSA) is 93.3 Å². The molecule has 3 rings (SSSR count). The second-order valence-electron chi connectivity index (χ2n) is 7.09. The van der Waals surface area contributed by atoms with Gasteiger partial charge in [-0.05, 0) is 38.1 Å². The molecule has 0 saturated heterocycles. The average Bonchev–Trinajstić information content (AvgIpc) is 3.16. The minimum Gasteiger partial charge on any atom is -0.353 e. The minimum atomic E-state index is -0.375. The zero-order chi connectivity index (χ0) is 21.5. The molecule has 0 fully saturated rings. The zero-order valence-corrected chi connectivity index (χ0v) is 19.2. The molecule has 31 heavy (non-hydrogen) atoms. The third-order valence-electron chi connectivity index (χ3n) is 4.72. The lowest BCUT2D eigenvalue weighted by Gasteiger charge is -2.20. The largest absolute Gasteiger partial charge is 0.353 e. The second-order valence-corrected chi connectivity index (χ2v) is 7.52. The van der Waals surface area contributed by atoms with E-state index in [4.69, 9.17) is 16.1 Å². The Hall–Kier alpha value is -2.42. The molecule has 10 heteroatoms. The van der Waals surface area contributed by atoms with E-state index < -0.39 is 0 Å². The van der Waals surface area contributed by atoms with Crippen molar-refractivity contribution in [1.82, 2.24) is 24.9 Å². The minimum absolute atomic E-state index is 0. The number of nitrogens with zero attached hydrogens (tertiary/aromatic N) is 4. The molecule has 8 nitrogen and oxygen atoms in total. The third kappa shape index (κ3) is 6.29. The molecule has 0 unspecified atom stereocenters. The summed E-state index contributed by atoms with van der Waals surface area (Å²) in [6.45, 7) is 7.49. The SMILES string of the molecule is CCCN(CCC)CCNC(=O)Cn1cnc2onc(-c3ccc(Cl)cc3)c2c1=O.Cl. The number of hydrogen-bond acceptors (Lipinski definition) is 6. The van der Waals surface area contributed by atoms with Gasteiger partial charge in [-0.2, -0.15) is 0 Å². The summed E-state index contributed by atoms with van der Waals surface area (Å²) in [7, 11) is 0. The predicted octanol–water partition coefficient (Wildman–Crippen LogP) is 3.36. The van der Waals surface area contributed by atoms with Crippen LogP contribution in [0.5, 0.6) is 0 Å². The average molecular weight is 468 g/mol. The molecule has 0 atom stereocenters. The molecular weight excluding hydrogens is 441 g/mol. The van der Waals surface area contributed by atoms with E-state index in [-0.39, 0.29) is 41.5 Å². The molecule has 1 amide bonds. The summed E-state index contributed by atoms with van der Waals surface area (Å²) in [5.41, 5.74) is 0.825. The predicted molar refractivity (Wildman–Crippen MR) is 124 cm³/mol. The summed E-state index contributed by atoms with van der Waals surface area (Å²) in [4.78, 5) is 31.8. The number of amides is 1. The molecule has 0 aliphatic heterocycles. The summed E-state index contributed by atoms with van der Waals surface area (Å²) in [6, 6.07) is 6.92. The number of hydrogen-bond donors (Lipinski definition) is 1. The summed E-state index contributed by atoms with van der Waals surface area (Å²) in [5, 5.41) is 7.68. The zero-order valence-electron chi connectivity index (χ0n) is 17.6. The van der Waals surface area contributed by atoms with Crippen molar-refractivity contribution in [1.29, 1.82) is 0 Å². The van der Waals surface area contributed by atoms with Crippen LogP contribution in [0.25, 0.3) is 22.4 Å². The van der Waals surface area contributed by atoms with Crippen molar-refractivity contribution in [2.45, 2.75) is 33.2 Å². The van der Waals surface area contributed by atoms with Crippen molar-refractivity contribution in [3.8, 4) is 11.3 Å². The Labute approximate surface area is 192 Å². The first-order chi connectivity index (χ1) is 14.5. The first-order valence-electron chi connectivity index (χ1n) is 10.1. The van der Waals surface area contributed by atoms with Crippen LogP contribution in [0.2, 0.25) is 5.02 Å². The maximum Gasteiger partial charge on any atom is 0.267 e. The standard InChI is InChI=1S/C21H26ClN5O3.ClH/c1-3-10-26(11-4-2)12-9-23-17(28)13-27-14-24-20-18(21(27)29)19(25-30-20)15-5-7-16(22)8-6-15;/h5-8,14H,3-4,9-13H2,1-2H3,(H,23,28);1H. The Kier molecular flexibility index (Phi) is 9.48. The van der Waals surface area contributed by atoms with Crippen molar-refractivity contribution in [2.75, 3.05) is 26.2 Å². The maximum absolute atomic E-state index is 12.9. The van der Waals surface area contributed by atoms with Crippen LogP contribution in [0.15, 0.2) is 39.9 Å². The molecule has 2 heterocycles. The van der Waals surface area contributed by atoms with Gasteiger partial charge in [0.25, 0.3) is 11.3 Å². The van der Waals surface area contributed by atoms with Gasteiger partial charge in [0.1, 0.15) is 24.0 Å². The molecule has 2 aromatic heterocycles. The van der Waals surface area contributed by atoms with Crippen molar-refractivity contribution >= 4 is 41.0 Å². The monoisotopic (exact) mass is 467 g/mol. The lowest BCUT2D eigenvalue weighted by molar-refractivity contribution is -0.121. The molecule has 0 spiro atoms. The fourth-order valence-electron chi connectivity index (χ4n) is 3.33. The van der Waals surface area contributed by atoms with Gasteiger partial charge in [-0.25, -0.2) is 4.98 Å². The number of nitrogens with one attached hydrogen (secondary N) is 1. The third-order valence-corrected chi connectivity index (χ3v) is 4.98. The molecule has 0 bridgehead atoms. The fourth-order valence-corrected chi connectivity index (χ4v) is 3.46. The molecule has 1 aromatic carbocycles. The molecule has 0 aliphatic rings. The van der Waals surface area contributed by atoms with Gasteiger partial charge in [0, 0.05) is 23.7 Å². The van der Waals surface area contributed by atoms with Crippen LogP contribution < -0.4 is 10.9 Å². The Bertz CT molecular complexity index is 1040. The van der Waals surface area contributed by atoms with Crippen LogP contribution in [0.3, 0.4) is 0 Å². The molecule has 0 radical (unpaired) electrons. The fraction of sp³-hybridized carbons (Fsp3) is 0.429. The van der Waals surface area contributed by atoms with Crippen molar-refractivity contribution in [3.05, 3.63) is 46.0 Å². The van der Waals surface area contributed by atoms with Crippen LogP contribution in [0, 0.1) is 0 Å². The van der Waals surface area contributed by atoms with E-state index in [1.165, 1.54) is 10.9 Å². The van der Waals surface area contributed by atoms with Gasteiger partial charge in [-0.15, -0.1) is 12.4 Å². The van der Waals surface area contributed by atoms with E-state index in [1.807, 2.05) is 0 Å². The number of benzene rings is 1. The van der Waals surface area contributed by atoms with Crippen LogP contribution in [-0.2, 0) is 11.3 Å². The number of carbonyl (C=O) groups excluding carboxylic acids is 1. The highest BCUT2D eigenvalue weighted by Crippen LogP contribution is 2.25. The number of rotatable bonds is 10. The number of carbonyl (C=O) groups is 1. The summed E-state index contributed by atoms with van der Waals surface area (Å²) >= 11 is 5.93. The molecule has 168 valence electrons. The number of aromatic nitrogens is 3. The van der Waals surface area contributed by atoms with Crippen LogP contribution in [-0.4, -0.2) is 51.7 Å². The molecule has 0 aliphatic carbocycles. The second kappa shape index (κ2) is 11.8. The van der Waals surface area contributed by atoms with E-state index in [0.717, 1.165) is 32.5 Å². The van der Waals surface area contributed by atoms with E-state index in [2.05, 4.69) is 34.2 Å².